The SMILES string of the molecule is CC(=O)N(C)Cc1noc(C(CCCC2CCCCC2)CC(=O)O)n1. The summed E-state index contributed by atoms with van der Waals surface area (Å²) in [5.74, 6) is 0.365. The topological polar surface area (TPSA) is 96.5 Å². The Hall–Kier alpha value is -1.92. The lowest BCUT2D eigenvalue weighted by Crippen LogP contribution is -2.23. The Bertz CT molecular complexity index is 566. The van der Waals surface area contributed by atoms with Gasteiger partial charge in [0.1, 0.15) is 0 Å². The summed E-state index contributed by atoms with van der Waals surface area (Å²) in [5, 5.41) is 13.1. The molecule has 140 valence electrons. The first-order chi connectivity index (χ1) is 12.0. The molecule has 1 unspecified atom stereocenters. The summed E-state index contributed by atoms with van der Waals surface area (Å²) >= 11 is 0. The molecule has 1 amide bonds. The maximum atomic E-state index is 11.3. The fourth-order valence-corrected chi connectivity index (χ4v) is 3.47. The highest BCUT2D eigenvalue weighted by molar-refractivity contribution is 5.72. The van der Waals surface area contributed by atoms with Gasteiger partial charge in [0.25, 0.3) is 0 Å². The molecule has 1 aliphatic rings. The van der Waals surface area contributed by atoms with Crippen molar-refractivity contribution in [1.29, 1.82) is 0 Å². The summed E-state index contributed by atoms with van der Waals surface area (Å²) in [6.07, 6.45) is 9.44. The van der Waals surface area contributed by atoms with Crippen molar-refractivity contribution in [2.24, 2.45) is 5.92 Å². The predicted octanol–water partition coefficient (Wildman–Crippen LogP) is 3.36. The van der Waals surface area contributed by atoms with Gasteiger partial charge in [0.05, 0.1) is 13.0 Å². The highest BCUT2D eigenvalue weighted by atomic mass is 16.5. The van der Waals surface area contributed by atoms with Crippen molar-refractivity contribution in [2.75, 3.05) is 7.05 Å². The number of aromatic nitrogens is 2. The van der Waals surface area contributed by atoms with Crippen molar-refractivity contribution in [3.63, 3.8) is 0 Å². The van der Waals surface area contributed by atoms with Crippen LogP contribution in [-0.4, -0.2) is 39.1 Å². The summed E-state index contributed by atoms with van der Waals surface area (Å²) in [5.41, 5.74) is 0. The standard InChI is InChI=1S/C18H29N3O4/c1-13(22)21(2)12-16-19-18(25-20-16)15(11-17(23)24)10-6-9-14-7-4-3-5-8-14/h14-15H,3-12H2,1-2H3,(H,23,24). The van der Waals surface area contributed by atoms with Gasteiger partial charge in [0.2, 0.25) is 11.8 Å². The minimum Gasteiger partial charge on any atom is -0.481 e. The first-order valence-electron chi connectivity index (χ1n) is 9.21. The van der Waals surface area contributed by atoms with Crippen LogP contribution in [0.5, 0.6) is 0 Å². The van der Waals surface area contributed by atoms with Gasteiger partial charge in [-0.05, 0) is 12.3 Å². The smallest absolute Gasteiger partial charge is 0.304 e. The third kappa shape index (κ3) is 6.48. The van der Waals surface area contributed by atoms with Crippen LogP contribution < -0.4 is 0 Å². The third-order valence-electron chi connectivity index (χ3n) is 5.06. The number of rotatable bonds is 9. The molecule has 1 saturated carbocycles. The van der Waals surface area contributed by atoms with Crippen molar-refractivity contribution in [3.05, 3.63) is 11.7 Å². The van der Waals surface area contributed by atoms with E-state index in [0.717, 1.165) is 25.2 Å². The zero-order chi connectivity index (χ0) is 18.2. The van der Waals surface area contributed by atoms with Crippen LogP contribution in [0.15, 0.2) is 4.52 Å². The van der Waals surface area contributed by atoms with E-state index in [0.29, 0.717) is 11.7 Å². The van der Waals surface area contributed by atoms with Crippen LogP contribution in [-0.2, 0) is 16.1 Å². The molecule has 1 heterocycles. The number of carbonyl (C=O) groups excluding carboxylic acids is 1. The maximum Gasteiger partial charge on any atom is 0.304 e. The molecule has 1 atom stereocenters. The Morgan fingerprint density at radius 2 is 2.04 bits per heavy atom. The molecule has 1 aromatic rings. The van der Waals surface area contributed by atoms with Crippen LogP contribution in [0.1, 0.15) is 82.3 Å². The summed E-state index contributed by atoms with van der Waals surface area (Å²) in [6.45, 7) is 1.74. The van der Waals surface area contributed by atoms with Gasteiger partial charge in [-0.3, -0.25) is 9.59 Å². The Labute approximate surface area is 148 Å². The van der Waals surface area contributed by atoms with E-state index in [1.807, 2.05) is 0 Å². The molecule has 0 aromatic carbocycles. The normalized spacial score (nSPS) is 16.6. The highest BCUT2D eigenvalue weighted by Crippen LogP contribution is 2.31. The van der Waals surface area contributed by atoms with E-state index >= 15 is 0 Å². The van der Waals surface area contributed by atoms with Gasteiger partial charge in [-0.25, -0.2) is 0 Å². The van der Waals surface area contributed by atoms with E-state index in [4.69, 9.17) is 4.52 Å². The molecule has 0 radical (unpaired) electrons. The van der Waals surface area contributed by atoms with Gasteiger partial charge in [-0.1, -0.05) is 50.1 Å². The predicted molar refractivity (Wildman–Crippen MR) is 91.9 cm³/mol. The van der Waals surface area contributed by atoms with Crippen molar-refractivity contribution in [1.82, 2.24) is 15.0 Å². The van der Waals surface area contributed by atoms with Gasteiger partial charge in [-0.15, -0.1) is 0 Å². The number of hydrogen-bond acceptors (Lipinski definition) is 5. The van der Waals surface area contributed by atoms with Crippen molar-refractivity contribution in [3.8, 4) is 0 Å². The molecule has 1 fully saturated rings. The minimum absolute atomic E-state index is 0.00511. The van der Waals surface area contributed by atoms with Crippen LogP contribution in [0.4, 0.5) is 0 Å². The number of carboxylic acid groups (broad SMARTS) is 1. The molecule has 1 N–H and O–H groups in total. The van der Waals surface area contributed by atoms with Crippen molar-refractivity contribution in [2.45, 2.75) is 77.2 Å². The summed E-state index contributed by atoms with van der Waals surface area (Å²) in [4.78, 5) is 28.3. The molecular formula is C18H29N3O4. The van der Waals surface area contributed by atoms with E-state index < -0.39 is 5.97 Å². The number of nitrogens with zero attached hydrogens (tertiary/aromatic N) is 3. The van der Waals surface area contributed by atoms with Gasteiger partial charge in [0, 0.05) is 19.9 Å². The van der Waals surface area contributed by atoms with E-state index in [2.05, 4.69) is 10.1 Å². The molecule has 2 rings (SSSR count). The lowest BCUT2D eigenvalue weighted by Gasteiger charge is -2.21. The van der Waals surface area contributed by atoms with E-state index in [1.165, 1.54) is 43.9 Å². The largest absolute Gasteiger partial charge is 0.481 e. The fraction of sp³-hybridized carbons (Fsp3) is 0.778. The summed E-state index contributed by atoms with van der Waals surface area (Å²) in [6, 6.07) is 0. The van der Waals surface area contributed by atoms with Crippen LogP contribution in [0.25, 0.3) is 0 Å². The lowest BCUT2D eigenvalue weighted by atomic mass is 9.84. The Balaban J connectivity index is 1.90. The Morgan fingerprint density at radius 3 is 2.68 bits per heavy atom. The summed E-state index contributed by atoms with van der Waals surface area (Å²) < 4.78 is 5.29. The number of aliphatic carboxylic acids is 1. The van der Waals surface area contributed by atoms with Crippen LogP contribution >= 0.6 is 0 Å². The molecule has 7 nitrogen and oxygen atoms in total. The summed E-state index contributed by atoms with van der Waals surface area (Å²) in [7, 11) is 1.66. The molecule has 0 bridgehead atoms. The highest BCUT2D eigenvalue weighted by Gasteiger charge is 2.23. The van der Waals surface area contributed by atoms with Crippen molar-refractivity contribution >= 4 is 11.9 Å². The minimum atomic E-state index is -0.858. The van der Waals surface area contributed by atoms with E-state index in [1.54, 1.807) is 7.05 Å². The molecule has 25 heavy (non-hydrogen) atoms. The monoisotopic (exact) mass is 351 g/mol. The number of amides is 1. The molecule has 1 aliphatic carbocycles. The van der Waals surface area contributed by atoms with E-state index in [9.17, 15) is 14.7 Å². The first-order valence-corrected chi connectivity index (χ1v) is 9.21. The first kappa shape index (κ1) is 19.4. The average molecular weight is 351 g/mol. The molecule has 1 aromatic heterocycles. The average Bonchev–Trinajstić information content (AvgIpc) is 3.03. The third-order valence-corrected chi connectivity index (χ3v) is 5.06. The second-order valence-corrected chi connectivity index (χ2v) is 7.15. The van der Waals surface area contributed by atoms with Crippen LogP contribution in [0, 0.1) is 5.92 Å². The van der Waals surface area contributed by atoms with Crippen molar-refractivity contribution < 1.29 is 19.2 Å². The molecule has 0 spiro atoms. The fourth-order valence-electron chi connectivity index (χ4n) is 3.47. The van der Waals surface area contributed by atoms with Gasteiger partial charge in [-0.2, -0.15) is 4.98 Å². The molecule has 0 saturated heterocycles. The number of hydrogen-bond donors (Lipinski definition) is 1. The quantitative estimate of drug-likeness (QED) is 0.733. The zero-order valence-electron chi connectivity index (χ0n) is 15.2. The second-order valence-electron chi connectivity index (χ2n) is 7.15. The Morgan fingerprint density at radius 1 is 1.32 bits per heavy atom. The Kier molecular flexibility index (Phi) is 7.40. The molecule has 0 aliphatic heterocycles. The maximum absolute atomic E-state index is 11.3. The molecular weight excluding hydrogens is 322 g/mol. The molecule has 7 heteroatoms. The van der Waals surface area contributed by atoms with Crippen LogP contribution in [0.3, 0.4) is 0 Å². The second kappa shape index (κ2) is 9.53. The van der Waals surface area contributed by atoms with Gasteiger partial charge in [0.15, 0.2) is 5.82 Å². The van der Waals surface area contributed by atoms with Gasteiger partial charge >= 0.3 is 5.97 Å². The van der Waals surface area contributed by atoms with Gasteiger partial charge < -0.3 is 14.5 Å². The van der Waals surface area contributed by atoms with E-state index in [-0.39, 0.29) is 24.8 Å². The lowest BCUT2D eigenvalue weighted by molar-refractivity contribution is -0.137. The van der Waals surface area contributed by atoms with Crippen LogP contribution in [0.2, 0.25) is 0 Å². The zero-order valence-corrected chi connectivity index (χ0v) is 15.2. The number of carbonyl (C=O) groups is 2. The number of carboxylic acids is 1.